The highest BCUT2D eigenvalue weighted by atomic mass is 19.1. The molecule has 0 radical (unpaired) electrons. The van der Waals surface area contributed by atoms with E-state index in [0.29, 0.717) is 16.8 Å². The molecular weight excluding hydrogens is 324 g/mol. The average molecular weight is 337 g/mol. The highest BCUT2D eigenvalue weighted by molar-refractivity contribution is 5.40. The Morgan fingerprint density at radius 3 is 2.64 bits per heavy atom. The predicted octanol–water partition coefficient (Wildman–Crippen LogP) is 3.26. The maximum absolute atomic E-state index is 14.5. The monoisotopic (exact) mass is 337 g/mol. The zero-order chi connectivity index (χ0) is 17.6. The molecule has 1 N–H and O–H groups in total. The first-order chi connectivity index (χ1) is 12.0. The van der Waals surface area contributed by atoms with Crippen LogP contribution in [0.5, 0.6) is 0 Å². The quantitative estimate of drug-likeness (QED) is 0.781. The van der Waals surface area contributed by atoms with Gasteiger partial charge in [0, 0.05) is 12.0 Å². The minimum absolute atomic E-state index is 0.194. The van der Waals surface area contributed by atoms with E-state index in [1.54, 1.807) is 23.0 Å². The van der Waals surface area contributed by atoms with E-state index in [9.17, 15) is 13.9 Å². The third kappa shape index (κ3) is 2.32. The maximum atomic E-state index is 14.5. The molecule has 3 aromatic rings. The van der Waals surface area contributed by atoms with E-state index in [-0.39, 0.29) is 12.0 Å². The van der Waals surface area contributed by atoms with Gasteiger partial charge in [0.1, 0.15) is 17.2 Å². The highest BCUT2D eigenvalue weighted by Gasteiger charge is 2.45. The van der Waals surface area contributed by atoms with Gasteiger partial charge in [0.05, 0.1) is 35.9 Å². The summed E-state index contributed by atoms with van der Waals surface area (Å²) < 4.78 is 29.4. The van der Waals surface area contributed by atoms with Crippen LogP contribution < -0.4 is 0 Å². The molecule has 0 fully saturated rings. The van der Waals surface area contributed by atoms with Gasteiger partial charge in [-0.3, -0.25) is 0 Å². The van der Waals surface area contributed by atoms with Crippen LogP contribution in [0, 0.1) is 23.0 Å². The Labute approximate surface area is 142 Å². The summed E-state index contributed by atoms with van der Waals surface area (Å²) in [5.41, 5.74) is 0.255. The molecule has 124 valence electrons. The van der Waals surface area contributed by atoms with Crippen LogP contribution in [-0.2, 0) is 5.60 Å². The fraction of sp³-hybridized carbons (Fsp3) is 0.158. The van der Waals surface area contributed by atoms with Crippen molar-refractivity contribution < 1.29 is 13.9 Å². The summed E-state index contributed by atoms with van der Waals surface area (Å²) in [6.07, 6.45) is 3.27. The minimum Gasteiger partial charge on any atom is -0.379 e. The van der Waals surface area contributed by atoms with Gasteiger partial charge in [-0.25, -0.2) is 13.8 Å². The molecule has 1 aliphatic heterocycles. The van der Waals surface area contributed by atoms with Crippen molar-refractivity contribution in [3.8, 4) is 6.07 Å². The number of halogens is 2. The fourth-order valence-electron chi connectivity index (χ4n) is 3.47. The van der Waals surface area contributed by atoms with Gasteiger partial charge in [-0.1, -0.05) is 18.2 Å². The second-order valence-electron chi connectivity index (χ2n) is 6.12. The number of nitriles is 1. The third-order valence-electron chi connectivity index (χ3n) is 4.72. The zero-order valence-electron chi connectivity index (χ0n) is 13.0. The first kappa shape index (κ1) is 15.5. The van der Waals surface area contributed by atoms with Crippen molar-refractivity contribution in [2.45, 2.75) is 18.1 Å². The Balaban J connectivity index is 1.81. The van der Waals surface area contributed by atoms with Crippen molar-refractivity contribution in [2.24, 2.45) is 0 Å². The summed E-state index contributed by atoms with van der Waals surface area (Å²) in [7, 11) is 0. The molecular formula is C19H13F2N3O. The van der Waals surface area contributed by atoms with E-state index >= 15 is 0 Å². The van der Waals surface area contributed by atoms with Crippen molar-refractivity contribution in [3.05, 3.63) is 89.0 Å². The molecule has 25 heavy (non-hydrogen) atoms. The van der Waals surface area contributed by atoms with Crippen LogP contribution in [0.2, 0.25) is 0 Å². The van der Waals surface area contributed by atoms with E-state index in [1.807, 2.05) is 6.07 Å². The predicted molar refractivity (Wildman–Crippen MR) is 85.5 cm³/mol. The van der Waals surface area contributed by atoms with Gasteiger partial charge < -0.3 is 9.67 Å². The standard InChI is InChI=1S/C19H13F2N3O/c20-14-4-2-13(3-5-14)19(25)8-17(24-11-23-10-18(19)24)15-6-1-12(9-22)7-16(15)21/h1-7,10-11,17,25H,8H2/t17-,19?/m1/s1. The molecule has 6 heteroatoms. The molecule has 2 heterocycles. The number of fused-ring (bicyclic) bond motifs is 1. The SMILES string of the molecule is N#Cc1ccc([C@H]2CC(O)(c3ccc(F)cc3)c3cncn32)c(F)c1. The number of benzene rings is 2. The van der Waals surface area contributed by atoms with E-state index < -0.39 is 23.3 Å². The second-order valence-corrected chi connectivity index (χ2v) is 6.12. The first-order valence-electron chi connectivity index (χ1n) is 7.73. The Morgan fingerprint density at radius 2 is 1.96 bits per heavy atom. The lowest BCUT2D eigenvalue weighted by Gasteiger charge is -2.23. The Bertz CT molecular complexity index is 991. The van der Waals surface area contributed by atoms with Crippen molar-refractivity contribution in [1.29, 1.82) is 5.26 Å². The van der Waals surface area contributed by atoms with Crippen LogP contribution in [0.15, 0.2) is 55.0 Å². The van der Waals surface area contributed by atoms with Gasteiger partial charge in [0.15, 0.2) is 0 Å². The van der Waals surface area contributed by atoms with E-state index in [0.717, 1.165) is 0 Å². The lowest BCUT2D eigenvalue weighted by atomic mass is 9.86. The second kappa shape index (κ2) is 5.50. The van der Waals surface area contributed by atoms with E-state index in [2.05, 4.69) is 4.98 Å². The normalized spacial score (nSPS) is 21.8. The molecule has 0 spiro atoms. The number of aromatic nitrogens is 2. The Morgan fingerprint density at radius 1 is 1.20 bits per heavy atom. The van der Waals surface area contributed by atoms with Gasteiger partial charge in [-0.2, -0.15) is 5.26 Å². The maximum Gasteiger partial charge on any atom is 0.133 e. The van der Waals surface area contributed by atoms with E-state index in [4.69, 9.17) is 5.26 Å². The number of hydrogen-bond donors (Lipinski definition) is 1. The van der Waals surface area contributed by atoms with Crippen molar-refractivity contribution >= 4 is 0 Å². The summed E-state index contributed by atoms with van der Waals surface area (Å²) in [6, 6.07) is 11.3. The molecule has 2 aromatic carbocycles. The Hall–Kier alpha value is -3.04. The lowest BCUT2D eigenvalue weighted by molar-refractivity contribution is 0.0792. The largest absolute Gasteiger partial charge is 0.379 e. The van der Waals surface area contributed by atoms with Crippen LogP contribution in [0.3, 0.4) is 0 Å². The smallest absolute Gasteiger partial charge is 0.133 e. The minimum atomic E-state index is -1.39. The van der Waals surface area contributed by atoms with Crippen molar-refractivity contribution in [1.82, 2.24) is 9.55 Å². The summed E-state index contributed by atoms with van der Waals surface area (Å²) in [6.45, 7) is 0. The molecule has 0 amide bonds. The Kier molecular flexibility index (Phi) is 3.41. The lowest BCUT2D eigenvalue weighted by Crippen LogP contribution is -2.24. The molecule has 4 rings (SSSR count). The van der Waals surface area contributed by atoms with Crippen molar-refractivity contribution in [2.75, 3.05) is 0 Å². The molecule has 1 unspecified atom stereocenters. The fourth-order valence-corrected chi connectivity index (χ4v) is 3.47. The van der Waals surface area contributed by atoms with Gasteiger partial charge in [-0.05, 0) is 29.8 Å². The zero-order valence-corrected chi connectivity index (χ0v) is 13.0. The molecule has 1 aromatic heterocycles. The number of hydrogen-bond acceptors (Lipinski definition) is 3. The number of nitrogens with zero attached hydrogens (tertiary/aromatic N) is 3. The topological polar surface area (TPSA) is 61.8 Å². The molecule has 0 saturated heterocycles. The molecule has 1 aliphatic rings. The third-order valence-corrected chi connectivity index (χ3v) is 4.72. The first-order valence-corrected chi connectivity index (χ1v) is 7.73. The summed E-state index contributed by atoms with van der Waals surface area (Å²) in [5, 5.41) is 20.2. The number of aliphatic hydroxyl groups is 1. The van der Waals surface area contributed by atoms with Gasteiger partial charge in [0.25, 0.3) is 0 Å². The average Bonchev–Trinajstić information content (AvgIpc) is 3.19. The van der Waals surface area contributed by atoms with Gasteiger partial charge in [-0.15, -0.1) is 0 Å². The summed E-state index contributed by atoms with van der Waals surface area (Å²) in [4.78, 5) is 4.08. The molecule has 0 saturated carbocycles. The van der Waals surface area contributed by atoms with Crippen LogP contribution in [0.25, 0.3) is 0 Å². The summed E-state index contributed by atoms with van der Waals surface area (Å²) in [5.74, 6) is -0.902. The van der Waals surface area contributed by atoms with Crippen LogP contribution in [-0.4, -0.2) is 14.7 Å². The van der Waals surface area contributed by atoms with E-state index in [1.165, 1.54) is 36.5 Å². The number of rotatable bonds is 2. The van der Waals surface area contributed by atoms with Gasteiger partial charge >= 0.3 is 0 Å². The van der Waals surface area contributed by atoms with Crippen molar-refractivity contribution in [3.63, 3.8) is 0 Å². The molecule has 0 aliphatic carbocycles. The van der Waals surface area contributed by atoms with Gasteiger partial charge in [0.2, 0.25) is 0 Å². The highest BCUT2D eigenvalue weighted by Crippen LogP contribution is 2.46. The van der Waals surface area contributed by atoms with Crippen LogP contribution in [0.4, 0.5) is 8.78 Å². The van der Waals surface area contributed by atoms with Crippen LogP contribution >= 0.6 is 0 Å². The number of imidazole rings is 1. The molecule has 0 bridgehead atoms. The molecule has 2 atom stereocenters. The summed E-state index contributed by atoms with van der Waals surface area (Å²) >= 11 is 0. The van der Waals surface area contributed by atoms with Crippen LogP contribution in [0.1, 0.15) is 34.8 Å². The molecule has 4 nitrogen and oxygen atoms in total.